The van der Waals surface area contributed by atoms with Crippen molar-refractivity contribution in [1.82, 2.24) is 10.3 Å². The number of amides is 1. The van der Waals surface area contributed by atoms with Crippen LogP contribution in [0.3, 0.4) is 0 Å². The molecule has 0 aliphatic heterocycles. The molecule has 2 aromatic heterocycles. The average molecular weight is 548 g/mol. The van der Waals surface area contributed by atoms with Crippen molar-refractivity contribution in [3.8, 4) is 28.5 Å². The zero-order valence-corrected chi connectivity index (χ0v) is 20.7. The lowest BCUT2D eigenvalue weighted by Crippen LogP contribution is -2.33. The van der Waals surface area contributed by atoms with Crippen LogP contribution < -0.4 is 10.6 Å². The number of rotatable bonds is 4. The van der Waals surface area contributed by atoms with Crippen molar-refractivity contribution < 1.29 is 18.7 Å². The number of oxazole rings is 1. The van der Waals surface area contributed by atoms with Gasteiger partial charge in [-0.1, -0.05) is 34.1 Å². The Morgan fingerprint density at radius 3 is 2.60 bits per heavy atom. The zero-order chi connectivity index (χ0) is 24.5. The number of halogens is 1. The van der Waals surface area contributed by atoms with E-state index in [9.17, 15) is 9.90 Å². The van der Waals surface area contributed by atoms with Crippen LogP contribution in [-0.2, 0) is 0 Å². The summed E-state index contributed by atoms with van der Waals surface area (Å²) in [6.07, 6.45) is 0. The van der Waals surface area contributed by atoms with E-state index >= 15 is 0 Å². The normalized spacial score (nSPS) is 10.9. The molecule has 0 unspecified atom stereocenters. The second kappa shape index (κ2) is 9.36. The molecule has 0 bridgehead atoms. The molecule has 1 amide bonds. The van der Waals surface area contributed by atoms with E-state index < -0.39 is 5.91 Å². The number of fused-ring (bicyclic) bond motifs is 1. The van der Waals surface area contributed by atoms with Crippen LogP contribution in [0, 0.1) is 6.92 Å². The van der Waals surface area contributed by atoms with Crippen molar-refractivity contribution in [3.05, 3.63) is 88.6 Å². The second-order valence-electron chi connectivity index (χ2n) is 7.80. The molecule has 3 N–H and O–H groups in total. The minimum Gasteiger partial charge on any atom is -0.507 e. The Morgan fingerprint density at radius 2 is 1.80 bits per heavy atom. The highest BCUT2D eigenvalue weighted by molar-refractivity contribution is 9.10. The average Bonchev–Trinajstić information content (AvgIpc) is 3.48. The Hall–Kier alpha value is -3.95. The van der Waals surface area contributed by atoms with Gasteiger partial charge < -0.3 is 19.3 Å². The van der Waals surface area contributed by atoms with Gasteiger partial charge in [0.2, 0.25) is 5.89 Å². The third-order valence-electron chi connectivity index (χ3n) is 5.21. The quantitative estimate of drug-likeness (QED) is 0.171. The summed E-state index contributed by atoms with van der Waals surface area (Å²) in [5.74, 6) is 0.486. The number of aromatic hydroxyl groups is 1. The SMILES string of the molecule is Cc1ccc2nc(-c3cc(NC(=S)NC(=O)c4ccc(-c5ccc(Br)cc5)o4)ccc3O)oc2c1. The number of benzene rings is 3. The predicted octanol–water partition coefficient (Wildman–Crippen LogP) is 6.66. The minimum atomic E-state index is -0.487. The number of carbonyl (C=O) groups is 1. The Balaban J connectivity index is 1.29. The summed E-state index contributed by atoms with van der Waals surface area (Å²) >= 11 is 8.69. The first-order chi connectivity index (χ1) is 16.9. The molecule has 5 aromatic rings. The van der Waals surface area contributed by atoms with E-state index in [0.717, 1.165) is 15.6 Å². The van der Waals surface area contributed by atoms with Gasteiger partial charge in [-0.05, 0) is 79.3 Å². The molecule has 0 aliphatic carbocycles. The molecule has 0 fully saturated rings. The van der Waals surface area contributed by atoms with Crippen molar-refractivity contribution in [1.29, 1.82) is 0 Å². The molecule has 0 atom stereocenters. The lowest BCUT2D eigenvalue weighted by atomic mass is 10.1. The van der Waals surface area contributed by atoms with E-state index in [0.29, 0.717) is 28.1 Å². The largest absolute Gasteiger partial charge is 0.507 e. The second-order valence-corrected chi connectivity index (χ2v) is 9.13. The lowest BCUT2D eigenvalue weighted by Gasteiger charge is -2.10. The van der Waals surface area contributed by atoms with E-state index in [2.05, 4.69) is 31.5 Å². The monoisotopic (exact) mass is 547 g/mol. The van der Waals surface area contributed by atoms with Gasteiger partial charge in [0, 0.05) is 15.7 Å². The third-order valence-corrected chi connectivity index (χ3v) is 5.95. The van der Waals surface area contributed by atoms with Crippen molar-refractivity contribution in [3.63, 3.8) is 0 Å². The van der Waals surface area contributed by atoms with Gasteiger partial charge >= 0.3 is 0 Å². The first-order valence-electron chi connectivity index (χ1n) is 10.5. The zero-order valence-electron chi connectivity index (χ0n) is 18.3. The van der Waals surface area contributed by atoms with Crippen LogP contribution in [0.2, 0.25) is 0 Å². The van der Waals surface area contributed by atoms with Gasteiger partial charge in [0.25, 0.3) is 5.91 Å². The van der Waals surface area contributed by atoms with Gasteiger partial charge in [-0.3, -0.25) is 10.1 Å². The number of nitrogens with one attached hydrogen (secondary N) is 2. The molecule has 0 saturated heterocycles. The Bertz CT molecular complexity index is 1570. The number of furan rings is 1. The fourth-order valence-electron chi connectivity index (χ4n) is 3.49. The van der Waals surface area contributed by atoms with Crippen molar-refractivity contribution >= 4 is 56.0 Å². The Labute approximate surface area is 213 Å². The Morgan fingerprint density at radius 1 is 1.00 bits per heavy atom. The maximum atomic E-state index is 12.6. The number of hydrogen-bond acceptors (Lipinski definition) is 6. The third kappa shape index (κ3) is 4.96. The first-order valence-corrected chi connectivity index (χ1v) is 11.7. The molecule has 2 heterocycles. The molecule has 0 spiro atoms. The standard InChI is InChI=1S/C26H18BrN3O4S/c1-14-2-8-19-23(12-14)34-25(29-19)18-13-17(7-9-20(18)31)28-26(35)30-24(32)22-11-10-21(33-22)15-3-5-16(27)6-4-15/h2-13,31H,1H3,(H2,28,30,32,35). The van der Waals surface area contributed by atoms with E-state index in [4.69, 9.17) is 21.1 Å². The lowest BCUT2D eigenvalue weighted by molar-refractivity contribution is 0.0951. The molecule has 0 saturated carbocycles. The molecule has 3 aromatic carbocycles. The van der Waals surface area contributed by atoms with E-state index in [1.165, 1.54) is 6.07 Å². The minimum absolute atomic E-state index is 0.00448. The van der Waals surface area contributed by atoms with Crippen LogP contribution in [0.5, 0.6) is 5.75 Å². The van der Waals surface area contributed by atoms with Crippen LogP contribution in [-0.4, -0.2) is 21.1 Å². The number of thiocarbonyl (C=S) groups is 1. The van der Waals surface area contributed by atoms with Crippen LogP contribution in [0.1, 0.15) is 16.1 Å². The van der Waals surface area contributed by atoms with Crippen molar-refractivity contribution in [2.24, 2.45) is 0 Å². The summed E-state index contributed by atoms with van der Waals surface area (Å²) in [5.41, 5.74) is 4.13. The number of aryl methyl sites for hydroxylation is 1. The summed E-state index contributed by atoms with van der Waals surface area (Å²) in [4.78, 5) is 17.1. The molecule has 0 aliphatic rings. The number of hydrogen-bond donors (Lipinski definition) is 3. The molecule has 174 valence electrons. The van der Waals surface area contributed by atoms with Crippen molar-refractivity contribution in [2.45, 2.75) is 6.92 Å². The first kappa shape index (κ1) is 22.8. The summed E-state index contributed by atoms with van der Waals surface area (Å²) < 4.78 is 12.5. The highest BCUT2D eigenvalue weighted by Crippen LogP contribution is 2.33. The number of aromatic nitrogens is 1. The fraction of sp³-hybridized carbons (Fsp3) is 0.0385. The molecule has 5 rings (SSSR count). The maximum Gasteiger partial charge on any atom is 0.293 e. The molecule has 7 nitrogen and oxygen atoms in total. The van der Waals surface area contributed by atoms with Gasteiger partial charge in [0.05, 0.1) is 5.56 Å². The van der Waals surface area contributed by atoms with Crippen LogP contribution in [0.25, 0.3) is 33.9 Å². The fourth-order valence-corrected chi connectivity index (χ4v) is 3.96. The number of carbonyl (C=O) groups excluding carboxylic acids is 1. The van der Waals surface area contributed by atoms with Gasteiger partial charge in [0.15, 0.2) is 16.5 Å². The van der Waals surface area contributed by atoms with Gasteiger partial charge in [-0.25, -0.2) is 4.98 Å². The highest BCUT2D eigenvalue weighted by atomic mass is 79.9. The van der Waals surface area contributed by atoms with Crippen LogP contribution in [0.15, 0.2) is 86.1 Å². The number of anilines is 1. The molecular formula is C26H18BrN3O4S. The molecule has 0 radical (unpaired) electrons. The van der Waals surface area contributed by atoms with Gasteiger partial charge in [0.1, 0.15) is 17.0 Å². The smallest absolute Gasteiger partial charge is 0.293 e. The summed E-state index contributed by atoms with van der Waals surface area (Å²) in [7, 11) is 0. The van der Waals surface area contributed by atoms with Gasteiger partial charge in [-0.2, -0.15) is 0 Å². The summed E-state index contributed by atoms with van der Waals surface area (Å²) in [5, 5.41) is 16.0. The molecule has 9 heteroatoms. The van der Waals surface area contributed by atoms with Gasteiger partial charge in [-0.15, -0.1) is 0 Å². The molecule has 35 heavy (non-hydrogen) atoms. The molecular weight excluding hydrogens is 530 g/mol. The Kier molecular flexibility index (Phi) is 6.10. The summed E-state index contributed by atoms with van der Waals surface area (Å²) in [6.45, 7) is 1.96. The summed E-state index contributed by atoms with van der Waals surface area (Å²) in [6, 6.07) is 21.3. The predicted molar refractivity (Wildman–Crippen MR) is 141 cm³/mol. The van der Waals surface area contributed by atoms with E-state index in [-0.39, 0.29) is 22.5 Å². The maximum absolute atomic E-state index is 12.6. The number of phenols is 1. The van der Waals surface area contributed by atoms with Crippen LogP contribution >= 0.6 is 28.1 Å². The topological polar surface area (TPSA) is 101 Å². The number of nitrogens with zero attached hydrogens (tertiary/aromatic N) is 1. The highest BCUT2D eigenvalue weighted by Gasteiger charge is 2.16. The van der Waals surface area contributed by atoms with E-state index in [1.54, 1.807) is 24.3 Å². The van der Waals surface area contributed by atoms with Crippen LogP contribution in [0.4, 0.5) is 5.69 Å². The number of phenolic OH excluding ortho intramolecular Hbond substituents is 1. The van der Waals surface area contributed by atoms with E-state index in [1.807, 2.05) is 49.4 Å². The van der Waals surface area contributed by atoms with Crippen molar-refractivity contribution in [2.75, 3.05) is 5.32 Å².